The number of rotatable bonds is 3. The molecule has 1 N–H and O–H groups in total. The Hall–Kier alpha value is -2.37. The fourth-order valence-corrected chi connectivity index (χ4v) is 3.72. The van der Waals surface area contributed by atoms with Crippen molar-refractivity contribution in [2.75, 3.05) is 24.5 Å². The molecule has 132 valence electrons. The second kappa shape index (κ2) is 7.25. The van der Waals surface area contributed by atoms with Crippen LogP contribution in [-0.2, 0) is 4.79 Å². The number of hydrogen-bond donors (Lipinski definition) is 1. The zero-order valence-corrected chi connectivity index (χ0v) is 14.4. The van der Waals surface area contributed by atoms with Crippen LogP contribution in [0, 0.1) is 0 Å². The summed E-state index contributed by atoms with van der Waals surface area (Å²) in [4.78, 5) is 18.3. The largest absolute Gasteiger partial charge is 0.360 e. The molecule has 6 heteroatoms. The zero-order valence-electron chi connectivity index (χ0n) is 14.4. The maximum Gasteiger partial charge on any atom is 0.239 e. The van der Waals surface area contributed by atoms with Gasteiger partial charge in [0.1, 0.15) is 0 Å². The van der Waals surface area contributed by atoms with Crippen molar-refractivity contribution in [2.45, 2.75) is 44.4 Å². The van der Waals surface area contributed by atoms with Crippen LogP contribution in [0.4, 0.5) is 5.69 Å². The van der Waals surface area contributed by atoms with Gasteiger partial charge < -0.3 is 14.7 Å². The van der Waals surface area contributed by atoms with Gasteiger partial charge in [0.05, 0.1) is 6.54 Å². The summed E-state index contributed by atoms with van der Waals surface area (Å²) < 4.78 is 5.55. The highest BCUT2D eigenvalue weighted by atomic mass is 16.5. The van der Waals surface area contributed by atoms with Gasteiger partial charge in [-0.3, -0.25) is 4.79 Å². The first-order chi connectivity index (χ1) is 12.3. The monoisotopic (exact) mass is 340 g/mol. The quantitative estimate of drug-likeness (QED) is 0.869. The van der Waals surface area contributed by atoms with Crippen molar-refractivity contribution >= 4 is 11.6 Å². The molecule has 1 saturated carbocycles. The fourth-order valence-electron chi connectivity index (χ4n) is 3.72. The number of benzene rings is 1. The van der Waals surface area contributed by atoms with E-state index in [4.69, 9.17) is 4.52 Å². The van der Waals surface area contributed by atoms with Crippen LogP contribution in [-0.4, -0.2) is 35.7 Å². The maximum atomic E-state index is 11.5. The van der Waals surface area contributed by atoms with Crippen LogP contribution in [0.15, 0.2) is 28.8 Å². The van der Waals surface area contributed by atoms with E-state index in [1.807, 2.05) is 24.3 Å². The molecule has 0 radical (unpaired) electrons. The molecule has 1 aliphatic heterocycles. The Labute approximate surface area is 147 Å². The number of carbonyl (C=O) groups excluding carboxylic acids is 1. The molecular weight excluding hydrogens is 316 g/mol. The predicted octanol–water partition coefficient (Wildman–Crippen LogP) is 3.11. The molecule has 1 amide bonds. The minimum absolute atomic E-state index is 0.0709. The molecule has 25 heavy (non-hydrogen) atoms. The van der Waals surface area contributed by atoms with E-state index in [1.165, 1.54) is 25.7 Å². The smallest absolute Gasteiger partial charge is 0.239 e. The van der Waals surface area contributed by atoms with Gasteiger partial charge in [-0.05, 0) is 37.1 Å². The number of aromatic nitrogens is 2. The van der Waals surface area contributed by atoms with E-state index in [9.17, 15) is 4.79 Å². The van der Waals surface area contributed by atoms with Gasteiger partial charge in [-0.25, -0.2) is 0 Å². The first kappa shape index (κ1) is 16.1. The second-order valence-corrected chi connectivity index (χ2v) is 6.96. The van der Waals surface area contributed by atoms with E-state index in [0.717, 1.165) is 36.5 Å². The van der Waals surface area contributed by atoms with Crippen LogP contribution in [0.3, 0.4) is 0 Å². The number of anilines is 1. The maximum absolute atomic E-state index is 11.5. The summed E-state index contributed by atoms with van der Waals surface area (Å²) in [5.74, 6) is 1.92. The van der Waals surface area contributed by atoms with Crippen molar-refractivity contribution < 1.29 is 9.32 Å². The lowest BCUT2D eigenvalue weighted by Crippen LogP contribution is -2.47. The van der Waals surface area contributed by atoms with Crippen LogP contribution in [0.2, 0.25) is 0 Å². The molecule has 0 spiro atoms. The van der Waals surface area contributed by atoms with E-state index in [0.29, 0.717) is 24.8 Å². The molecule has 2 fully saturated rings. The molecule has 1 aromatic heterocycles. The lowest BCUT2D eigenvalue weighted by Gasteiger charge is -2.28. The Balaban J connectivity index is 1.47. The summed E-state index contributed by atoms with van der Waals surface area (Å²) >= 11 is 0. The molecule has 0 atom stereocenters. The van der Waals surface area contributed by atoms with Crippen LogP contribution >= 0.6 is 0 Å². The summed E-state index contributed by atoms with van der Waals surface area (Å²) in [6, 6.07) is 8.05. The Morgan fingerprint density at radius 2 is 1.84 bits per heavy atom. The number of piperazine rings is 1. The average molecular weight is 340 g/mol. The zero-order chi connectivity index (χ0) is 17.1. The normalized spacial score (nSPS) is 19.5. The third-order valence-electron chi connectivity index (χ3n) is 5.18. The SMILES string of the molecule is O=C1CN(c2ccc(-c3noc(C4CCCCCC4)n3)cc2)CCN1. The lowest BCUT2D eigenvalue weighted by molar-refractivity contribution is -0.120. The number of amides is 1. The molecule has 0 unspecified atom stereocenters. The molecule has 1 saturated heterocycles. The van der Waals surface area contributed by atoms with Gasteiger partial charge in [-0.2, -0.15) is 4.98 Å². The summed E-state index contributed by atoms with van der Waals surface area (Å²) in [5.41, 5.74) is 2.00. The van der Waals surface area contributed by atoms with Gasteiger partial charge in [0.25, 0.3) is 0 Å². The highest BCUT2D eigenvalue weighted by Crippen LogP contribution is 2.32. The summed E-state index contributed by atoms with van der Waals surface area (Å²) in [6.45, 7) is 1.93. The van der Waals surface area contributed by atoms with Gasteiger partial charge in [-0.15, -0.1) is 0 Å². The Morgan fingerprint density at radius 1 is 1.08 bits per heavy atom. The highest BCUT2D eigenvalue weighted by molar-refractivity contribution is 5.82. The highest BCUT2D eigenvalue weighted by Gasteiger charge is 2.21. The fraction of sp³-hybridized carbons (Fsp3) is 0.526. The van der Waals surface area contributed by atoms with Gasteiger partial charge in [0, 0.05) is 30.3 Å². The van der Waals surface area contributed by atoms with E-state index < -0.39 is 0 Å². The molecular formula is C19H24N4O2. The molecule has 0 bridgehead atoms. The molecule has 1 aromatic carbocycles. The van der Waals surface area contributed by atoms with E-state index >= 15 is 0 Å². The first-order valence-corrected chi connectivity index (χ1v) is 9.25. The summed E-state index contributed by atoms with van der Waals surface area (Å²) in [6.07, 6.45) is 7.43. The molecule has 2 aromatic rings. The van der Waals surface area contributed by atoms with Crippen molar-refractivity contribution in [1.82, 2.24) is 15.5 Å². The summed E-state index contributed by atoms with van der Waals surface area (Å²) in [5, 5.41) is 7.03. The predicted molar refractivity (Wildman–Crippen MR) is 95.4 cm³/mol. The van der Waals surface area contributed by atoms with Gasteiger partial charge in [-0.1, -0.05) is 30.8 Å². The number of carbonyl (C=O) groups is 1. The van der Waals surface area contributed by atoms with Crippen LogP contribution in [0.25, 0.3) is 11.4 Å². The van der Waals surface area contributed by atoms with Crippen LogP contribution < -0.4 is 10.2 Å². The van der Waals surface area contributed by atoms with Crippen molar-refractivity contribution in [3.05, 3.63) is 30.2 Å². The van der Waals surface area contributed by atoms with E-state index in [-0.39, 0.29) is 5.91 Å². The Bertz CT molecular complexity index is 717. The molecule has 1 aliphatic carbocycles. The number of nitrogens with zero attached hydrogens (tertiary/aromatic N) is 3. The number of hydrogen-bond acceptors (Lipinski definition) is 5. The average Bonchev–Trinajstić information content (AvgIpc) is 2.97. The molecule has 2 aliphatic rings. The van der Waals surface area contributed by atoms with Crippen molar-refractivity contribution in [3.63, 3.8) is 0 Å². The minimum Gasteiger partial charge on any atom is -0.360 e. The third-order valence-corrected chi connectivity index (χ3v) is 5.18. The molecule has 2 heterocycles. The van der Waals surface area contributed by atoms with Crippen molar-refractivity contribution in [1.29, 1.82) is 0 Å². The second-order valence-electron chi connectivity index (χ2n) is 6.96. The minimum atomic E-state index is 0.0709. The van der Waals surface area contributed by atoms with Gasteiger partial charge in [0.2, 0.25) is 17.6 Å². The Morgan fingerprint density at radius 3 is 2.56 bits per heavy atom. The van der Waals surface area contributed by atoms with Crippen LogP contribution in [0.1, 0.15) is 50.3 Å². The van der Waals surface area contributed by atoms with E-state index in [1.54, 1.807) is 0 Å². The summed E-state index contributed by atoms with van der Waals surface area (Å²) in [7, 11) is 0. The standard InChI is InChI=1S/C19H24N4O2/c24-17-13-23(12-11-20-17)16-9-7-14(8-10-16)18-21-19(25-22-18)15-5-3-1-2-4-6-15/h7-10,15H,1-6,11-13H2,(H,20,24). The third kappa shape index (κ3) is 3.67. The van der Waals surface area contributed by atoms with Gasteiger partial charge >= 0.3 is 0 Å². The molecule has 4 rings (SSSR count). The van der Waals surface area contributed by atoms with Gasteiger partial charge in [0.15, 0.2) is 0 Å². The van der Waals surface area contributed by atoms with Crippen molar-refractivity contribution in [3.8, 4) is 11.4 Å². The Kier molecular flexibility index (Phi) is 4.68. The van der Waals surface area contributed by atoms with E-state index in [2.05, 4.69) is 20.4 Å². The topological polar surface area (TPSA) is 71.3 Å². The van der Waals surface area contributed by atoms with Crippen molar-refractivity contribution in [2.24, 2.45) is 0 Å². The number of nitrogens with one attached hydrogen (secondary N) is 1. The first-order valence-electron chi connectivity index (χ1n) is 9.25. The van der Waals surface area contributed by atoms with Crippen LogP contribution in [0.5, 0.6) is 0 Å². The molecule has 6 nitrogen and oxygen atoms in total. The lowest BCUT2D eigenvalue weighted by atomic mass is 10.0.